The molecule has 0 spiro atoms. The molecule has 0 fully saturated rings. The molecule has 4 rings (SSSR count). The second-order valence-corrected chi connectivity index (χ2v) is 7.24. The zero-order valence-corrected chi connectivity index (χ0v) is 17.0. The lowest BCUT2D eigenvalue weighted by molar-refractivity contribution is 0.771. The summed E-state index contributed by atoms with van der Waals surface area (Å²) in [6.07, 6.45) is 8.73. The van der Waals surface area contributed by atoms with Gasteiger partial charge in [0, 0.05) is 36.4 Å². The van der Waals surface area contributed by atoms with Crippen LogP contribution in [0.4, 0.5) is 0 Å². The average molecular weight is 371 g/mol. The molecule has 0 saturated heterocycles. The van der Waals surface area contributed by atoms with Crippen molar-refractivity contribution in [1.29, 1.82) is 0 Å². The smallest absolute Gasteiger partial charge is 0.110 e. The summed E-state index contributed by atoms with van der Waals surface area (Å²) < 4.78 is 2.21. The summed E-state index contributed by atoms with van der Waals surface area (Å²) in [5, 5.41) is 1.13. The number of nitrogens with zero attached hydrogens (tertiary/aromatic N) is 4. The van der Waals surface area contributed by atoms with E-state index >= 15 is 0 Å². The Morgan fingerprint density at radius 2 is 1.93 bits per heavy atom. The van der Waals surface area contributed by atoms with Crippen LogP contribution in [0.15, 0.2) is 42.6 Å². The van der Waals surface area contributed by atoms with Crippen LogP contribution in [0.3, 0.4) is 0 Å². The molecule has 0 aliphatic rings. The number of aryl methyl sites for hydroxylation is 5. The van der Waals surface area contributed by atoms with E-state index in [0.29, 0.717) is 0 Å². The Labute approximate surface area is 166 Å². The second-order valence-electron chi connectivity index (χ2n) is 7.24. The highest BCUT2D eigenvalue weighted by molar-refractivity contribution is 6.04. The standard InChI is InChI=1S/C24H26N4/c1-5-8-17-10-11-18(26-20(17)6-2)12-13-22-27-24-19-9-7-14-25-23(19)16(3)15-21(24)28(22)4/h5,7-11,14-15H,6,12-13H2,1-4H3/b8-5-. The molecule has 0 aliphatic carbocycles. The largest absolute Gasteiger partial charge is 0.331 e. The number of fused-ring (bicyclic) bond motifs is 3. The van der Waals surface area contributed by atoms with E-state index in [4.69, 9.17) is 9.97 Å². The van der Waals surface area contributed by atoms with Crippen LogP contribution < -0.4 is 0 Å². The molecule has 3 aromatic heterocycles. The highest BCUT2D eigenvalue weighted by Gasteiger charge is 2.13. The molecule has 0 radical (unpaired) electrons. The molecule has 1 aromatic carbocycles. The molecule has 4 heteroatoms. The molecule has 3 heterocycles. The van der Waals surface area contributed by atoms with Gasteiger partial charge in [0.05, 0.1) is 16.6 Å². The minimum absolute atomic E-state index is 0.866. The molecule has 142 valence electrons. The third kappa shape index (κ3) is 3.19. The second kappa shape index (κ2) is 7.55. The van der Waals surface area contributed by atoms with Crippen molar-refractivity contribution in [1.82, 2.24) is 19.5 Å². The van der Waals surface area contributed by atoms with Crippen LogP contribution in [0, 0.1) is 6.92 Å². The number of rotatable bonds is 5. The van der Waals surface area contributed by atoms with Gasteiger partial charge in [-0.1, -0.05) is 25.1 Å². The average Bonchev–Trinajstić information content (AvgIpc) is 3.03. The summed E-state index contributed by atoms with van der Waals surface area (Å²) in [5.74, 6) is 1.09. The van der Waals surface area contributed by atoms with Crippen LogP contribution in [0.1, 0.15) is 42.2 Å². The Morgan fingerprint density at radius 3 is 2.71 bits per heavy atom. The zero-order valence-electron chi connectivity index (χ0n) is 17.0. The maximum atomic E-state index is 4.97. The summed E-state index contributed by atoms with van der Waals surface area (Å²) in [6.45, 7) is 6.32. The molecule has 0 aliphatic heterocycles. The highest BCUT2D eigenvalue weighted by Crippen LogP contribution is 2.27. The number of pyridine rings is 2. The Hall–Kier alpha value is -3.01. The number of hydrogen-bond donors (Lipinski definition) is 0. The number of benzene rings is 1. The first-order valence-electron chi connectivity index (χ1n) is 9.93. The summed E-state index contributed by atoms with van der Waals surface area (Å²) in [5.41, 5.74) is 7.93. The zero-order chi connectivity index (χ0) is 19.7. The van der Waals surface area contributed by atoms with Gasteiger partial charge in [-0.05, 0) is 62.1 Å². The first kappa shape index (κ1) is 18.4. The molecule has 0 N–H and O–H groups in total. The van der Waals surface area contributed by atoms with Gasteiger partial charge >= 0.3 is 0 Å². The van der Waals surface area contributed by atoms with Gasteiger partial charge in [0.1, 0.15) is 5.82 Å². The molecule has 0 bridgehead atoms. The van der Waals surface area contributed by atoms with E-state index in [1.807, 2.05) is 19.2 Å². The Balaban J connectivity index is 1.67. The summed E-state index contributed by atoms with van der Waals surface area (Å²) in [7, 11) is 2.10. The topological polar surface area (TPSA) is 43.6 Å². The van der Waals surface area contributed by atoms with Crippen molar-refractivity contribution in [3.05, 3.63) is 70.9 Å². The minimum atomic E-state index is 0.866. The lowest BCUT2D eigenvalue weighted by Crippen LogP contribution is -2.03. The van der Waals surface area contributed by atoms with Gasteiger partial charge in [-0.25, -0.2) is 4.98 Å². The molecule has 0 atom stereocenters. The van der Waals surface area contributed by atoms with E-state index in [1.165, 1.54) is 16.6 Å². The lowest BCUT2D eigenvalue weighted by atomic mass is 10.1. The van der Waals surface area contributed by atoms with Gasteiger partial charge in [0.15, 0.2) is 0 Å². The third-order valence-corrected chi connectivity index (χ3v) is 5.37. The molecule has 0 unspecified atom stereocenters. The van der Waals surface area contributed by atoms with Gasteiger partial charge in [-0.15, -0.1) is 0 Å². The van der Waals surface area contributed by atoms with Crippen LogP contribution in [0.2, 0.25) is 0 Å². The fourth-order valence-corrected chi connectivity index (χ4v) is 3.88. The van der Waals surface area contributed by atoms with Crippen molar-refractivity contribution < 1.29 is 0 Å². The molecule has 4 nitrogen and oxygen atoms in total. The van der Waals surface area contributed by atoms with Crippen LogP contribution in [-0.2, 0) is 26.3 Å². The molecule has 28 heavy (non-hydrogen) atoms. The minimum Gasteiger partial charge on any atom is -0.331 e. The van der Waals surface area contributed by atoms with Crippen molar-refractivity contribution >= 4 is 28.0 Å². The quantitative estimate of drug-likeness (QED) is 0.485. The van der Waals surface area contributed by atoms with Crippen LogP contribution in [0.5, 0.6) is 0 Å². The Kier molecular flexibility index (Phi) is 4.95. The lowest BCUT2D eigenvalue weighted by Gasteiger charge is -2.07. The Bertz CT molecular complexity index is 1180. The first-order chi connectivity index (χ1) is 13.6. The normalized spacial score (nSPS) is 11.9. The molecular weight excluding hydrogens is 344 g/mol. The molecule has 0 amide bonds. The third-order valence-electron chi connectivity index (χ3n) is 5.37. The van der Waals surface area contributed by atoms with E-state index in [1.54, 1.807) is 0 Å². The van der Waals surface area contributed by atoms with Gasteiger partial charge in [-0.2, -0.15) is 0 Å². The van der Waals surface area contributed by atoms with Crippen molar-refractivity contribution in [2.75, 3.05) is 0 Å². The van der Waals surface area contributed by atoms with Gasteiger partial charge in [-0.3, -0.25) is 9.97 Å². The van der Waals surface area contributed by atoms with Crippen molar-refractivity contribution in [3.63, 3.8) is 0 Å². The predicted molar refractivity (Wildman–Crippen MR) is 116 cm³/mol. The van der Waals surface area contributed by atoms with Crippen LogP contribution in [0.25, 0.3) is 28.0 Å². The van der Waals surface area contributed by atoms with Crippen LogP contribution in [-0.4, -0.2) is 19.5 Å². The highest BCUT2D eigenvalue weighted by atomic mass is 15.1. The van der Waals surface area contributed by atoms with E-state index in [9.17, 15) is 0 Å². The predicted octanol–water partition coefficient (Wildman–Crippen LogP) is 5.21. The number of allylic oxidation sites excluding steroid dienone is 1. The maximum absolute atomic E-state index is 4.97. The van der Waals surface area contributed by atoms with Gasteiger partial charge < -0.3 is 4.57 Å². The maximum Gasteiger partial charge on any atom is 0.110 e. The van der Waals surface area contributed by atoms with E-state index < -0.39 is 0 Å². The summed E-state index contributed by atoms with van der Waals surface area (Å²) >= 11 is 0. The SMILES string of the molecule is C/C=C\c1ccc(CCc2nc3c4cccnc4c(C)cc3n2C)nc1CC. The van der Waals surface area contributed by atoms with Crippen molar-refractivity contribution in [3.8, 4) is 0 Å². The van der Waals surface area contributed by atoms with Crippen LogP contribution >= 0.6 is 0 Å². The monoisotopic (exact) mass is 370 g/mol. The van der Waals surface area contributed by atoms with Gasteiger partial charge in [0.2, 0.25) is 0 Å². The fourth-order valence-electron chi connectivity index (χ4n) is 3.88. The number of imidazole rings is 1. The molecule has 4 aromatic rings. The summed E-state index contributed by atoms with van der Waals surface area (Å²) in [6, 6.07) is 10.6. The van der Waals surface area contributed by atoms with Crippen molar-refractivity contribution in [2.24, 2.45) is 7.05 Å². The molecular formula is C24H26N4. The molecule has 0 saturated carbocycles. The summed E-state index contributed by atoms with van der Waals surface area (Å²) in [4.78, 5) is 14.4. The first-order valence-corrected chi connectivity index (χ1v) is 9.93. The Morgan fingerprint density at radius 1 is 1.07 bits per heavy atom. The number of hydrogen-bond acceptors (Lipinski definition) is 3. The van der Waals surface area contributed by atoms with E-state index in [2.05, 4.69) is 66.9 Å². The van der Waals surface area contributed by atoms with Crippen molar-refractivity contribution in [2.45, 2.75) is 40.0 Å². The number of aromatic nitrogens is 4. The fraction of sp³-hybridized carbons (Fsp3) is 0.292. The van der Waals surface area contributed by atoms with E-state index in [-0.39, 0.29) is 0 Å². The van der Waals surface area contributed by atoms with E-state index in [0.717, 1.165) is 52.9 Å². The van der Waals surface area contributed by atoms with Gasteiger partial charge in [0.25, 0.3) is 0 Å².